The summed E-state index contributed by atoms with van der Waals surface area (Å²) in [7, 11) is 2.99. The molecule has 0 aliphatic carbocycles. The molecule has 2 rings (SSSR count). The molecule has 0 bridgehead atoms. The maximum absolute atomic E-state index is 12.2. The van der Waals surface area contributed by atoms with E-state index < -0.39 is 6.09 Å². The Morgan fingerprint density at radius 1 is 1.08 bits per heavy atom. The van der Waals surface area contributed by atoms with E-state index in [9.17, 15) is 9.59 Å². The Kier molecular flexibility index (Phi) is 6.03. The number of benzene rings is 2. The van der Waals surface area contributed by atoms with Crippen LogP contribution in [0.4, 0.5) is 21.0 Å². The molecular weight excluding hydrogens is 330 g/mol. The van der Waals surface area contributed by atoms with E-state index in [1.165, 1.54) is 7.11 Å². The van der Waals surface area contributed by atoms with Gasteiger partial charge >= 0.3 is 12.1 Å². The Labute approximate surface area is 145 Å². The van der Waals surface area contributed by atoms with Crippen LogP contribution in [-0.4, -0.2) is 31.2 Å². The second-order valence-electron chi connectivity index (χ2n) is 5.11. The Morgan fingerprint density at radius 2 is 1.71 bits per heavy atom. The highest BCUT2D eigenvalue weighted by molar-refractivity contribution is 6.30. The smallest absolute Gasteiger partial charge is 0.411 e. The largest absolute Gasteiger partial charge is 0.453 e. The fraction of sp³-hybridized carbons (Fsp3) is 0.176. The number of urea groups is 1. The van der Waals surface area contributed by atoms with Crippen LogP contribution in [0.25, 0.3) is 0 Å². The number of carbonyl (C=O) groups is 2. The number of rotatable bonds is 4. The number of nitrogens with zero attached hydrogens (tertiary/aromatic N) is 1. The maximum atomic E-state index is 12.2. The summed E-state index contributed by atoms with van der Waals surface area (Å²) < 4.78 is 4.51. The van der Waals surface area contributed by atoms with Crippen LogP contribution in [0.15, 0.2) is 48.5 Å². The van der Waals surface area contributed by atoms with Gasteiger partial charge in [-0.15, -0.1) is 0 Å². The number of hydrogen-bond acceptors (Lipinski definition) is 3. The second-order valence-corrected chi connectivity index (χ2v) is 5.55. The van der Waals surface area contributed by atoms with E-state index in [2.05, 4.69) is 15.4 Å². The molecule has 0 aliphatic rings. The first kappa shape index (κ1) is 17.6. The molecule has 0 fully saturated rings. The summed E-state index contributed by atoms with van der Waals surface area (Å²) in [4.78, 5) is 24.9. The SMILES string of the molecule is COC(=O)Nc1ccc(NC(=O)N(C)Cc2cccc(Cl)c2)cc1. The number of methoxy groups -OCH3 is 1. The van der Waals surface area contributed by atoms with Crippen LogP contribution in [0.2, 0.25) is 5.02 Å². The molecule has 0 saturated carbocycles. The van der Waals surface area contributed by atoms with E-state index in [1.54, 1.807) is 42.3 Å². The molecule has 2 aromatic rings. The topological polar surface area (TPSA) is 70.7 Å². The van der Waals surface area contributed by atoms with Gasteiger partial charge in [0.05, 0.1) is 7.11 Å². The van der Waals surface area contributed by atoms with Crippen molar-refractivity contribution < 1.29 is 14.3 Å². The van der Waals surface area contributed by atoms with Crippen LogP contribution < -0.4 is 10.6 Å². The van der Waals surface area contributed by atoms with Gasteiger partial charge < -0.3 is 15.0 Å². The number of hydrogen-bond donors (Lipinski definition) is 2. The number of amides is 3. The molecule has 0 radical (unpaired) electrons. The summed E-state index contributed by atoms with van der Waals surface area (Å²) in [6.07, 6.45) is -0.548. The van der Waals surface area contributed by atoms with Crippen LogP contribution in [0.1, 0.15) is 5.56 Å². The molecule has 24 heavy (non-hydrogen) atoms. The fourth-order valence-corrected chi connectivity index (χ4v) is 2.22. The lowest BCUT2D eigenvalue weighted by atomic mass is 10.2. The number of ether oxygens (including phenoxy) is 1. The third-order valence-electron chi connectivity index (χ3n) is 3.22. The molecule has 126 valence electrons. The number of anilines is 2. The predicted octanol–water partition coefficient (Wildman–Crippen LogP) is 4.18. The van der Waals surface area contributed by atoms with Gasteiger partial charge in [0.2, 0.25) is 0 Å². The van der Waals surface area contributed by atoms with E-state index in [4.69, 9.17) is 11.6 Å². The van der Waals surface area contributed by atoms with Crippen molar-refractivity contribution in [3.63, 3.8) is 0 Å². The van der Waals surface area contributed by atoms with Gasteiger partial charge in [0, 0.05) is 30.0 Å². The molecule has 0 aliphatic heterocycles. The number of carbonyl (C=O) groups excluding carboxylic acids is 2. The minimum Gasteiger partial charge on any atom is -0.453 e. The van der Waals surface area contributed by atoms with Gasteiger partial charge in [0.25, 0.3) is 0 Å². The van der Waals surface area contributed by atoms with E-state index in [0.717, 1.165) is 5.56 Å². The molecule has 2 N–H and O–H groups in total. The Balaban J connectivity index is 1.92. The van der Waals surface area contributed by atoms with Gasteiger partial charge in [0.1, 0.15) is 0 Å². The van der Waals surface area contributed by atoms with Crippen LogP contribution in [0.3, 0.4) is 0 Å². The van der Waals surface area contributed by atoms with E-state index in [1.807, 2.05) is 18.2 Å². The molecule has 3 amide bonds. The first-order valence-corrected chi connectivity index (χ1v) is 7.57. The molecule has 0 aromatic heterocycles. The zero-order valence-corrected chi connectivity index (χ0v) is 14.1. The molecule has 7 heteroatoms. The van der Waals surface area contributed by atoms with Crippen molar-refractivity contribution in [3.05, 3.63) is 59.1 Å². The van der Waals surface area contributed by atoms with Crippen molar-refractivity contribution in [2.24, 2.45) is 0 Å². The summed E-state index contributed by atoms with van der Waals surface area (Å²) >= 11 is 5.94. The van der Waals surface area contributed by atoms with Crippen molar-refractivity contribution in [3.8, 4) is 0 Å². The van der Waals surface area contributed by atoms with Crippen molar-refractivity contribution in [1.82, 2.24) is 4.90 Å². The summed E-state index contributed by atoms with van der Waals surface area (Å²) in [5.41, 5.74) is 2.14. The Hall–Kier alpha value is -2.73. The zero-order valence-electron chi connectivity index (χ0n) is 13.4. The molecule has 2 aromatic carbocycles. The highest BCUT2D eigenvalue weighted by Crippen LogP contribution is 2.15. The van der Waals surface area contributed by atoms with Gasteiger partial charge in [-0.2, -0.15) is 0 Å². The van der Waals surface area contributed by atoms with Crippen molar-refractivity contribution in [1.29, 1.82) is 0 Å². The average Bonchev–Trinajstić information content (AvgIpc) is 2.56. The molecule has 0 heterocycles. The lowest BCUT2D eigenvalue weighted by Gasteiger charge is -2.18. The number of nitrogens with one attached hydrogen (secondary N) is 2. The number of halogens is 1. The third kappa shape index (κ3) is 5.17. The van der Waals surface area contributed by atoms with Crippen LogP contribution in [0.5, 0.6) is 0 Å². The fourth-order valence-electron chi connectivity index (χ4n) is 2.01. The van der Waals surface area contributed by atoms with E-state index >= 15 is 0 Å². The predicted molar refractivity (Wildman–Crippen MR) is 94.4 cm³/mol. The molecule has 0 saturated heterocycles. The van der Waals surface area contributed by atoms with Gasteiger partial charge in [-0.1, -0.05) is 23.7 Å². The van der Waals surface area contributed by atoms with Crippen molar-refractivity contribution in [2.75, 3.05) is 24.8 Å². The summed E-state index contributed by atoms with van der Waals surface area (Å²) in [6, 6.07) is 13.8. The molecule has 6 nitrogen and oxygen atoms in total. The molecular formula is C17H18ClN3O3. The highest BCUT2D eigenvalue weighted by atomic mass is 35.5. The summed E-state index contributed by atoms with van der Waals surface area (Å²) in [5, 5.41) is 5.95. The van der Waals surface area contributed by atoms with Crippen LogP contribution in [0, 0.1) is 0 Å². The average molecular weight is 348 g/mol. The first-order valence-electron chi connectivity index (χ1n) is 7.19. The van der Waals surface area contributed by atoms with Crippen LogP contribution in [-0.2, 0) is 11.3 Å². The monoisotopic (exact) mass is 347 g/mol. The lowest BCUT2D eigenvalue weighted by molar-refractivity contribution is 0.187. The quantitative estimate of drug-likeness (QED) is 0.871. The van der Waals surface area contributed by atoms with Gasteiger partial charge in [0.15, 0.2) is 0 Å². The molecule has 0 spiro atoms. The third-order valence-corrected chi connectivity index (χ3v) is 3.46. The van der Waals surface area contributed by atoms with Gasteiger partial charge in [-0.05, 0) is 42.0 Å². The van der Waals surface area contributed by atoms with Crippen LogP contribution >= 0.6 is 11.6 Å². The Morgan fingerprint density at radius 3 is 2.29 bits per heavy atom. The minimum absolute atomic E-state index is 0.247. The lowest BCUT2D eigenvalue weighted by Crippen LogP contribution is -2.30. The van der Waals surface area contributed by atoms with Gasteiger partial charge in [-0.3, -0.25) is 5.32 Å². The molecule has 0 atom stereocenters. The van der Waals surface area contributed by atoms with Gasteiger partial charge in [-0.25, -0.2) is 9.59 Å². The van der Waals surface area contributed by atoms with Crippen molar-refractivity contribution >= 4 is 35.1 Å². The van der Waals surface area contributed by atoms with E-state index in [-0.39, 0.29) is 6.03 Å². The Bertz CT molecular complexity index is 719. The summed E-state index contributed by atoms with van der Waals surface area (Å²) in [5.74, 6) is 0. The normalized spacial score (nSPS) is 9.96. The highest BCUT2D eigenvalue weighted by Gasteiger charge is 2.10. The minimum atomic E-state index is -0.548. The van der Waals surface area contributed by atoms with Crippen molar-refractivity contribution in [2.45, 2.75) is 6.54 Å². The standard InChI is InChI=1S/C17H18ClN3O3/c1-21(11-12-4-3-5-13(18)10-12)16(22)19-14-6-8-15(9-7-14)20-17(23)24-2/h3-10H,11H2,1-2H3,(H,19,22)(H,20,23). The maximum Gasteiger partial charge on any atom is 0.411 e. The van der Waals surface area contributed by atoms with E-state index in [0.29, 0.717) is 22.9 Å². The summed E-state index contributed by atoms with van der Waals surface area (Å²) in [6.45, 7) is 0.439. The first-order chi connectivity index (χ1) is 11.5. The molecule has 0 unspecified atom stereocenters. The zero-order chi connectivity index (χ0) is 17.5. The second kappa shape index (κ2) is 8.21.